The quantitative estimate of drug-likeness (QED) is 0.735. The van der Waals surface area contributed by atoms with Gasteiger partial charge < -0.3 is 10.1 Å². The van der Waals surface area contributed by atoms with Crippen LogP contribution < -0.4 is 5.32 Å². The average Bonchev–Trinajstić information content (AvgIpc) is 2.45. The first kappa shape index (κ1) is 20.8. The van der Waals surface area contributed by atoms with Gasteiger partial charge in [0.1, 0.15) is 11.4 Å². The van der Waals surface area contributed by atoms with E-state index >= 15 is 0 Å². The van der Waals surface area contributed by atoms with E-state index in [4.69, 9.17) is 10.00 Å². The van der Waals surface area contributed by atoms with E-state index in [0.717, 1.165) is 0 Å². The number of rotatable bonds is 5. The van der Waals surface area contributed by atoms with Gasteiger partial charge in [-0.15, -0.1) is 11.8 Å². The normalized spacial score (nSPS) is 15.1. The molecule has 1 aromatic rings. The Balaban J connectivity index is 3.14. The molecule has 1 rings (SSSR count). The number of hydrogen-bond acceptors (Lipinski definition) is 4. The number of alkyl carbamates (subject to hydrolysis) is 1. The van der Waals surface area contributed by atoms with Gasteiger partial charge in [-0.1, -0.05) is 15.9 Å². The van der Waals surface area contributed by atoms with Crippen LogP contribution in [0, 0.1) is 17.1 Å². The Labute approximate surface area is 155 Å². The summed E-state index contributed by atoms with van der Waals surface area (Å²) in [6.45, 7) is 8.76. The van der Waals surface area contributed by atoms with E-state index in [2.05, 4.69) is 27.3 Å². The van der Waals surface area contributed by atoms with Crippen LogP contribution in [-0.4, -0.2) is 22.7 Å². The van der Waals surface area contributed by atoms with Crippen molar-refractivity contribution in [2.75, 3.05) is 5.75 Å². The highest BCUT2D eigenvalue weighted by molar-refractivity contribution is 9.10. The summed E-state index contributed by atoms with van der Waals surface area (Å²) in [6.07, 6.45) is -0.630. The number of thioether (sulfide) groups is 1. The minimum Gasteiger partial charge on any atom is -0.444 e. The van der Waals surface area contributed by atoms with Crippen molar-refractivity contribution < 1.29 is 13.9 Å². The van der Waals surface area contributed by atoms with Crippen LogP contribution in [0.4, 0.5) is 9.18 Å². The van der Waals surface area contributed by atoms with Crippen molar-refractivity contribution in [3.05, 3.63) is 34.1 Å². The fraction of sp³-hybridized carbons (Fsp3) is 0.529. The van der Waals surface area contributed by atoms with E-state index in [-0.39, 0.29) is 5.25 Å². The molecule has 0 bridgehead atoms. The molecule has 0 radical (unpaired) electrons. The predicted octanol–water partition coefficient (Wildman–Crippen LogP) is 4.97. The lowest BCUT2D eigenvalue weighted by Gasteiger charge is -2.33. The summed E-state index contributed by atoms with van der Waals surface area (Å²) < 4.78 is 20.4. The van der Waals surface area contributed by atoms with E-state index in [1.807, 2.05) is 0 Å². The first-order valence-corrected chi connectivity index (χ1v) is 9.29. The Morgan fingerprint density at radius 2 is 2.08 bits per heavy atom. The molecule has 0 saturated carbocycles. The lowest BCUT2D eigenvalue weighted by molar-refractivity contribution is 0.0471. The molecule has 0 heterocycles. The summed E-state index contributed by atoms with van der Waals surface area (Å²) in [5.41, 5.74) is -1.35. The van der Waals surface area contributed by atoms with E-state index in [9.17, 15) is 9.18 Å². The number of carbonyl (C=O) groups excluding carboxylic acids is 1. The van der Waals surface area contributed by atoms with E-state index in [0.29, 0.717) is 15.8 Å². The first-order valence-electron chi connectivity index (χ1n) is 7.45. The van der Waals surface area contributed by atoms with Crippen LogP contribution in [0.15, 0.2) is 22.7 Å². The summed E-state index contributed by atoms with van der Waals surface area (Å²) in [7, 11) is 0. The van der Waals surface area contributed by atoms with Gasteiger partial charge in [-0.05, 0) is 52.8 Å². The van der Waals surface area contributed by atoms with E-state index in [1.54, 1.807) is 46.8 Å². The highest BCUT2D eigenvalue weighted by atomic mass is 79.9. The standard InChI is InChI=1S/C17H22BrFN2O2S/c1-11(9-20)24-10-17(5,21-15(22)23-16(2,3)4)13-8-12(18)6-7-14(13)19/h6-8,11H,10H2,1-5H3,(H,21,22)/t11-,17+/m1/s1. The lowest BCUT2D eigenvalue weighted by Crippen LogP contribution is -2.48. The second kappa shape index (κ2) is 8.21. The van der Waals surface area contributed by atoms with Gasteiger partial charge in [-0.25, -0.2) is 9.18 Å². The van der Waals surface area contributed by atoms with Gasteiger partial charge in [0, 0.05) is 15.8 Å². The van der Waals surface area contributed by atoms with Gasteiger partial charge in [0.25, 0.3) is 0 Å². The smallest absolute Gasteiger partial charge is 0.408 e. The molecular weight excluding hydrogens is 395 g/mol. The van der Waals surface area contributed by atoms with Gasteiger partial charge in [0.2, 0.25) is 0 Å². The van der Waals surface area contributed by atoms with Crippen molar-refractivity contribution >= 4 is 33.8 Å². The highest BCUT2D eigenvalue weighted by Gasteiger charge is 2.34. The molecule has 132 valence electrons. The third kappa shape index (κ3) is 6.33. The molecule has 0 spiro atoms. The second-order valence-electron chi connectivity index (χ2n) is 6.67. The number of benzene rings is 1. The first-order chi connectivity index (χ1) is 11.0. The summed E-state index contributed by atoms with van der Waals surface area (Å²) in [5, 5.41) is 11.5. The molecule has 0 aromatic heterocycles. The maximum atomic E-state index is 14.4. The van der Waals surface area contributed by atoms with Crippen molar-refractivity contribution in [3.8, 4) is 6.07 Å². The Kier molecular flexibility index (Phi) is 7.11. The third-order valence-corrected chi connectivity index (χ3v) is 4.95. The summed E-state index contributed by atoms with van der Waals surface area (Å²) >= 11 is 4.67. The van der Waals surface area contributed by atoms with Crippen molar-refractivity contribution in [3.63, 3.8) is 0 Å². The van der Waals surface area contributed by atoms with E-state index in [1.165, 1.54) is 17.8 Å². The fourth-order valence-corrected chi connectivity index (χ4v) is 3.21. The zero-order chi connectivity index (χ0) is 18.5. The van der Waals surface area contributed by atoms with Crippen LogP contribution in [0.1, 0.15) is 40.2 Å². The number of carbonyl (C=O) groups is 1. The van der Waals surface area contributed by atoms with Crippen LogP contribution in [0.25, 0.3) is 0 Å². The van der Waals surface area contributed by atoms with Crippen LogP contribution in [0.5, 0.6) is 0 Å². The monoisotopic (exact) mass is 416 g/mol. The summed E-state index contributed by atoms with van der Waals surface area (Å²) in [5.74, 6) is -0.101. The van der Waals surface area contributed by atoms with Crippen molar-refractivity contribution in [2.24, 2.45) is 0 Å². The number of hydrogen-bond donors (Lipinski definition) is 1. The number of halogens is 2. The molecule has 7 heteroatoms. The van der Waals surface area contributed by atoms with Crippen LogP contribution >= 0.6 is 27.7 Å². The molecule has 1 aromatic carbocycles. The zero-order valence-electron chi connectivity index (χ0n) is 14.4. The number of nitrogens with one attached hydrogen (secondary N) is 1. The minimum atomic E-state index is -1.02. The molecule has 0 fully saturated rings. The predicted molar refractivity (Wildman–Crippen MR) is 98.4 cm³/mol. The molecule has 0 unspecified atom stereocenters. The van der Waals surface area contributed by atoms with E-state index < -0.39 is 23.1 Å². The minimum absolute atomic E-state index is 0.278. The number of nitriles is 1. The molecule has 24 heavy (non-hydrogen) atoms. The van der Waals surface area contributed by atoms with Crippen LogP contribution in [0.3, 0.4) is 0 Å². The molecule has 1 amide bonds. The number of amides is 1. The maximum absolute atomic E-state index is 14.4. The van der Waals surface area contributed by atoms with Crippen LogP contribution in [-0.2, 0) is 10.3 Å². The Morgan fingerprint density at radius 1 is 1.46 bits per heavy atom. The van der Waals surface area contributed by atoms with Gasteiger partial charge in [0.15, 0.2) is 0 Å². The molecule has 4 nitrogen and oxygen atoms in total. The van der Waals surface area contributed by atoms with Gasteiger partial charge in [0.05, 0.1) is 16.9 Å². The van der Waals surface area contributed by atoms with Gasteiger partial charge >= 0.3 is 6.09 Å². The fourth-order valence-electron chi connectivity index (χ4n) is 1.96. The lowest BCUT2D eigenvalue weighted by atomic mass is 9.93. The largest absolute Gasteiger partial charge is 0.444 e. The molecule has 2 atom stereocenters. The van der Waals surface area contributed by atoms with Crippen LogP contribution in [0.2, 0.25) is 0 Å². The molecular formula is C17H22BrFN2O2S. The topological polar surface area (TPSA) is 62.1 Å². The molecule has 0 aliphatic rings. The number of ether oxygens (including phenoxy) is 1. The third-order valence-electron chi connectivity index (χ3n) is 3.10. The van der Waals surface area contributed by atoms with Gasteiger partial charge in [-0.2, -0.15) is 5.26 Å². The summed E-state index contributed by atoms with van der Waals surface area (Å²) in [4.78, 5) is 12.2. The maximum Gasteiger partial charge on any atom is 0.408 e. The molecule has 0 aliphatic carbocycles. The Morgan fingerprint density at radius 3 is 2.62 bits per heavy atom. The average molecular weight is 417 g/mol. The molecule has 1 N–H and O–H groups in total. The molecule has 0 aliphatic heterocycles. The molecule has 0 saturated heterocycles. The SMILES string of the molecule is C[C@H](C#N)SC[C@](C)(NC(=O)OC(C)(C)C)c1cc(Br)ccc1F. The Hall–Kier alpha value is -1.26. The van der Waals surface area contributed by atoms with Crippen molar-refractivity contribution in [1.29, 1.82) is 5.26 Å². The van der Waals surface area contributed by atoms with Crippen molar-refractivity contribution in [1.82, 2.24) is 5.32 Å². The highest BCUT2D eigenvalue weighted by Crippen LogP contribution is 2.31. The number of nitrogens with zero attached hydrogens (tertiary/aromatic N) is 1. The van der Waals surface area contributed by atoms with Crippen molar-refractivity contribution in [2.45, 2.75) is 51.0 Å². The summed E-state index contributed by atoms with van der Waals surface area (Å²) in [6, 6.07) is 6.69. The zero-order valence-corrected chi connectivity index (χ0v) is 16.8. The van der Waals surface area contributed by atoms with Gasteiger partial charge in [-0.3, -0.25) is 0 Å². The Bertz CT molecular complexity index is 642. The second-order valence-corrected chi connectivity index (χ2v) is 8.91.